The smallest absolute Gasteiger partial charge is 0.317 e. The molecule has 0 radical (unpaired) electrons. The molecule has 4 rings (SSSR count). The predicted molar refractivity (Wildman–Crippen MR) is 92.6 cm³/mol. The number of hydrogen-bond donors (Lipinski definition) is 1. The summed E-state index contributed by atoms with van der Waals surface area (Å²) in [5.41, 5.74) is 0.928. The molecule has 7 heteroatoms. The van der Waals surface area contributed by atoms with Crippen LogP contribution < -0.4 is 10.9 Å². The van der Waals surface area contributed by atoms with Crippen molar-refractivity contribution in [3.05, 3.63) is 28.2 Å². The van der Waals surface area contributed by atoms with Crippen molar-refractivity contribution < 1.29 is 9.53 Å². The summed E-state index contributed by atoms with van der Waals surface area (Å²) in [6, 6.07) is 3.69. The van der Waals surface area contributed by atoms with Crippen LogP contribution in [-0.2, 0) is 11.3 Å². The highest BCUT2D eigenvalue weighted by Crippen LogP contribution is 2.38. The van der Waals surface area contributed by atoms with Crippen LogP contribution in [0.5, 0.6) is 0 Å². The monoisotopic (exact) mass is 346 g/mol. The van der Waals surface area contributed by atoms with E-state index in [1.165, 1.54) is 0 Å². The Morgan fingerprint density at radius 2 is 2.00 bits per heavy atom. The largest absolute Gasteiger partial charge is 0.381 e. The molecule has 0 aromatic carbocycles. The number of nitrogens with zero attached hydrogens (tertiary/aromatic N) is 3. The van der Waals surface area contributed by atoms with Crippen molar-refractivity contribution in [1.82, 2.24) is 20.0 Å². The first kappa shape index (κ1) is 16.6. The molecule has 1 atom stereocenters. The van der Waals surface area contributed by atoms with E-state index in [0.29, 0.717) is 25.7 Å². The van der Waals surface area contributed by atoms with E-state index in [2.05, 4.69) is 10.4 Å². The molecule has 1 aliphatic carbocycles. The second-order valence-corrected chi connectivity index (χ2v) is 7.38. The minimum absolute atomic E-state index is 0.0132. The normalized spacial score (nSPS) is 24.5. The highest BCUT2D eigenvalue weighted by atomic mass is 16.5. The van der Waals surface area contributed by atoms with Crippen LogP contribution in [0, 0.1) is 0 Å². The first-order valence-corrected chi connectivity index (χ1v) is 9.43. The SMILES string of the molecule is O=C(NC1CCOCC1)N1CCCC1Cn1nc(C2CC2)ccc1=O. The van der Waals surface area contributed by atoms with Crippen molar-refractivity contribution >= 4 is 6.03 Å². The van der Waals surface area contributed by atoms with E-state index in [1.807, 2.05) is 11.0 Å². The van der Waals surface area contributed by atoms with Crippen LogP contribution in [0.3, 0.4) is 0 Å². The molecular formula is C18H26N4O3. The molecule has 2 saturated heterocycles. The van der Waals surface area contributed by atoms with Gasteiger partial charge in [0.2, 0.25) is 0 Å². The molecule has 3 heterocycles. The summed E-state index contributed by atoms with van der Waals surface area (Å²) in [7, 11) is 0. The van der Waals surface area contributed by atoms with E-state index in [1.54, 1.807) is 10.7 Å². The molecule has 3 aliphatic rings. The van der Waals surface area contributed by atoms with Gasteiger partial charge in [-0.1, -0.05) is 0 Å². The fourth-order valence-corrected chi connectivity index (χ4v) is 3.78. The number of amides is 2. The zero-order chi connectivity index (χ0) is 17.2. The van der Waals surface area contributed by atoms with Gasteiger partial charge in [0.1, 0.15) is 0 Å². The van der Waals surface area contributed by atoms with Crippen molar-refractivity contribution in [2.45, 2.75) is 63.1 Å². The van der Waals surface area contributed by atoms with E-state index in [0.717, 1.165) is 50.8 Å². The molecule has 3 fully saturated rings. The first-order valence-electron chi connectivity index (χ1n) is 9.43. The standard InChI is InChI=1S/C18H26N4O3/c23-17-6-5-16(13-3-4-13)20-22(17)12-15-2-1-9-21(15)18(24)19-14-7-10-25-11-8-14/h5-6,13-15H,1-4,7-12H2,(H,19,24). The average molecular weight is 346 g/mol. The number of ether oxygens (including phenoxy) is 1. The zero-order valence-electron chi connectivity index (χ0n) is 14.5. The predicted octanol–water partition coefficient (Wildman–Crippen LogP) is 1.47. The lowest BCUT2D eigenvalue weighted by Gasteiger charge is -2.29. The Labute approximate surface area is 147 Å². The van der Waals surface area contributed by atoms with Crippen molar-refractivity contribution in [1.29, 1.82) is 0 Å². The molecule has 7 nitrogen and oxygen atoms in total. The molecule has 0 bridgehead atoms. The van der Waals surface area contributed by atoms with Crippen LogP contribution in [0.15, 0.2) is 16.9 Å². The van der Waals surface area contributed by atoms with Crippen LogP contribution in [0.25, 0.3) is 0 Å². The van der Waals surface area contributed by atoms with Gasteiger partial charge in [-0.15, -0.1) is 0 Å². The van der Waals surface area contributed by atoms with E-state index >= 15 is 0 Å². The highest BCUT2D eigenvalue weighted by molar-refractivity contribution is 5.75. The number of likely N-dealkylation sites (tertiary alicyclic amines) is 1. The summed E-state index contributed by atoms with van der Waals surface area (Å²) in [6.07, 6.45) is 5.96. The van der Waals surface area contributed by atoms with Gasteiger partial charge >= 0.3 is 6.03 Å². The van der Waals surface area contributed by atoms with Gasteiger partial charge in [0, 0.05) is 37.8 Å². The van der Waals surface area contributed by atoms with Crippen LogP contribution in [-0.4, -0.2) is 52.6 Å². The average Bonchev–Trinajstić information content (AvgIpc) is 3.37. The number of rotatable bonds is 4. The fraction of sp³-hybridized carbons (Fsp3) is 0.722. The molecule has 0 spiro atoms. The van der Waals surface area contributed by atoms with Gasteiger partial charge in [-0.2, -0.15) is 5.10 Å². The maximum absolute atomic E-state index is 12.7. The van der Waals surface area contributed by atoms with Gasteiger partial charge < -0.3 is 15.0 Å². The number of carbonyl (C=O) groups is 1. The summed E-state index contributed by atoms with van der Waals surface area (Å²) in [6.45, 7) is 2.65. The third-order valence-electron chi connectivity index (χ3n) is 5.45. The summed E-state index contributed by atoms with van der Waals surface area (Å²) < 4.78 is 6.90. The lowest BCUT2D eigenvalue weighted by Crippen LogP contribution is -2.49. The van der Waals surface area contributed by atoms with Crippen molar-refractivity contribution in [3.8, 4) is 0 Å². The number of aromatic nitrogens is 2. The topological polar surface area (TPSA) is 76.5 Å². The maximum Gasteiger partial charge on any atom is 0.317 e. The summed E-state index contributed by atoms with van der Waals surface area (Å²) in [4.78, 5) is 26.7. The lowest BCUT2D eigenvalue weighted by atomic mass is 10.1. The van der Waals surface area contributed by atoms with Crippen molar-refractivity contribution in [2.75, 3.05) is 19.8 Å². The quantitative estimate of drug-likeness (QED) is 0.896. The molecule has 1 saturated carbocycles. The van der Waals surface area contributed by atoms with Gasteiger partial charge in [-0.3, -0.25) is 4.79 Å². The number of carbonyl (C=O) groups excluding carboxylic acids is 1. The summed E-state index contributed by atoms with van der Waals surface area (Å²) in [5.74, 6) is 0.517. The van der Waals surface area contributed by atoms with Crippen molar-refractivity contribution in [2.24, 2.45) is 0 Å². The van der Waals surface area contributed by atoms with Crippen LogP contribution in [0.1, 0.15) is 50.1 Å². The Morgan fingerprint density at radius 3 is 2.76 bits per heavy atom. The minimum atomic E-state index is -0.0823. The Bertz CT molecular complexity index is 679. The lowest BCUT2D eigenvalue weighted by molar-refractivity contribution is 0.0776. The van der Waals surface area contributed by atoms with E-state index in [-0.39, 0.29) is 23.7 Å². The van der Waals surface area contributed by atoms with Gasteiger partial charge in [-0.05, 0) is 44.6 Å². The van der Waals surface area contributed by atoms with Crippen LogP contribution in [0.4, 0.5) is 4.79 Å². The molecule has 136 valence electrons. The van der Waals surface area contributed by atoms with E-state index in [4.69, 9.17) is 4.74 Å². The number of urea groups is 1. The molecule has 2 aliphatic heterocycles. The summed E-state index contributed by atoms with van der Waals surface area (Å²) in [5, 5.41) is 7.67. The van der Waals surface area contributed by atoms with Gasteiger partial charge in [0.25, 0.3) is 5.56 Å². The van der Waals surface area contributed by atoms with Gasteiger partial charge in [0.05, 0.1) is 18.3 Å². The Morgan fingerprint density at radius 1 is 1.20 bits per heavy atom. The molecule has 1 aromatic rings. The maximum atomic E-state index is 12.7. The molecule has 1 N–H and O–H groups in total. The third kappa shape index (κ3) is 3.86. The minimum Gasteiger partial charge on any atom is -0.381 e. The van der Waals surface area contributed by atoms with Crippen LogP contribution in [0.2, 0.25) is 0 Å². The van der Waals surface area contributed by atoms with E-state index < -0.39 is 0 Å². The molecular weight excluding hydrogens is 320 g/mol. The molecule has 2 amide bonds. The van der Waals surface area contributed by atoms with E-state index in [9.17, 15) is 9.59 Å². The molecule has 1 unspecified atom stereocenters. The number of hydrogen-bond acceptors (Lipinski definition) is 4. The first-order chi connectivity index (χ1) is 12.2. The highest BCUT2D eigenvalue weighted by Gasteiger charge is 2.31. The third-order valence-corrected chi connectivity index (χ3v) is 5.45. The van der Waals surface area contributed by atoms with Gasteiger partial charge in [-0.25, -0.2) is 9.48 Å². The van der Waals surface area contributed by atoms with Crippen LogP contribution >= 0.6 is 0 Å². The Balaban J connectivity index is 1.41. The molecule has 25 heavy (non-hydrogen) atoms. The van der Waals surface area contributed by atoms with Gasteiger partial charge in [0.15, 0.2) is 0 Å². The second kappa shape index (κ2) is 7.15. The van der Waals surface area contributed by atoms with Crippen molar-refractivity contribution in [3.63, 3.8) is 0 Å². The number of nitrogens with one attached hydrogen (secondary N) is 1. The zero-order valence-corrected chi connectivity index (χ0v) is 14.5. The Hall–Kier alpha value is -1.89. The fourth-order valence-electron chi connectivity index (χ4n) is 3.78. The Kier molecular flexibility index (Phi) is 4.74. The second-order valence-electron chi connectivity index (χ2n) is 7.38. The summed E-state index contributed by atoms with van der Waals surface area (Å²) >= 11 is 0. The molecule has 1 aromatic heterocycles.